The van der Waals surface area contributed by atoms with Crippen LogP contribution in [0.15, 0.2) is 36.4 Å². The molecule has 0 radical (unpaired) electrons. The summed E-state index contributed by atoms with van der Waals surface area (Å²) in [4.78, 5) is 36.4. The Labute approximate surface area is 173 Å². The predicted molar refractivity (Wildman–Crippen MR) is 110 cm³/mol. The number of hydrogen-bond donors (Lipinski definition) is 1. The number of rotatable bonds is 6. The first-order valence-corrected chi connectivity index (χ1v) is 8.77. The maximum Gasteiger partial charge on any atom is 0.286 e. The standard InChI is InChI=1S/C21H21N3O6/c1-23(2)21(26)15-9-7-14(8-10-15)6-5-11-22-20(25)16-12-18(29-3)19(30-4)13-17(16)24(27)28/h7-10,12-13H,11H2,1-4H3,(H,22,25). The molecule has 30 heavy (non-hydrogen) atoms. The number of amides is 2. The van der Waals surface area contributed by atoms with Crippen molar-refractivity contribution in [2.45, 2.75) is 0 Å². The maximum absolute atomic E-state index is 12.4. The molecular weight excluding hydrogens is 390 g/mol. The van der Waals surface area contributed by atoms with E-state index in [0.29, 0.717) is 11.1 Å². The van der Waals surface area contributed by atoms with Crippen LogP contribution in [-0.2, 0) is 0 Å². The fourth-order valence-corrected chi connectivity index (χ4v) is 2.52. The van der Waals surface area contributed by atoms with E-state index in [9.17, 15) is 19.7 Å². The lowest BCUT2D eigenvalue weighted by Crippen LogP contribution is -2.24. The van der Waals surface area contributed by atoms with Crippen molar-refractivity contribution in [3.8, 4) is 23.3 Å². The summed E-state index contributed by atoms with van der Waals surface area (Å²) in [6.07, 6.45) is 0. The summed E-state index contributed by atoms with van der Waals surface area (Å²) in [7, 11) is 6.05. The molecule has 0 unspecified atom stereocenters. The molecule has 1 N–H and O–H groups in total. The number of carbonyl (C=O) groups is 2. The Hall–Kier alpha value is -4.06. The third-order valence-electron chi connectivity index (χ3n) is 4.05. The monoisotopic (exact) mass is 411 g/mol. The summed E-state index contributed by atoms with van der Waals surface area (Å²) >= 11 is 0. The molecule has 0 aliphatic carbocycles. The van der Waals surface area contributed by atoms with Crippen molar-refractivity contribution >= 4 is 17.5 Å². The maximum atomic E-state index is 12.4. The first-order chi connectivity index (χ1) is 14.3. The van der Waals surface area contributed by atoms with Gasteiger partial charge in [-0.15, -0.1) is 0 Å². The highest BCUT2D eigenvalue weighted by atomic mass is 16.6. The third-order valence-corrected chi connectivity index (χ3v) is 4.05. The third kappa shape index (κ3) is 5.26. The van der Waals surface area contributed by atoms with Gasteiger partial charge in [-0.25, -0.2) is 0 Å². The number of benzene rings is 2. The van der Waals surface area contributed by atoms with Crippen molar-refractivity contribution in [3.05, 3.63) is 63.2 Å². The second-order valence-corrected chi connectivity index (χ2v) is 6.24. The Balaban J connectivity index is 2.10. The van der Waals surface area contributed by atoms with Crippen LogP contribution in [-0.4, -0.2) is 56.5 Å². The smallest absolute Gasteiger partial charge is 0.286 e. The number of nitro groups is 1. The highest BCUT2D eigenvalue weighted by Gasteiger charge is 2.24. The number of hydrogen-bond acceptors (Lipinski definition) is 6. The lowest BCUT2D eigenvalue weighted by atomic mass is 10.1. The first kappa shape index (κ1) is 22.2. The van der Waals surface area contributed by atoms with Crippen molar-refractivity contribution in [3.63, 3.8) is 0 Å². The van der Waals surface area contributed by atoms with E-state index in [-0.39, 0.29) is 29.5 Å². The Kier molecular flexibility index (Phi) is 7.36. The average molecular weight is 411 g/mol. The SMILES string of the molecule is COc1cc(C(=O)NCC#Cc2ccc(C(=O)N(C)C)cc2)c([N+](=O)[O-])cc1OC. The van der Waals surface area contributed by atoms with Crippen LogP contribution in [0.3, 0.4) is 0 Å². The number of nitro benzene ring substituents is 1. The number of ether oxygens (including phenoxy) is 2. The minimum absolute atomic E-state index is 0.0251. The van der Waals surface area contributed by atoms with Crippen LogP contribution in [0.5, 0.6) is 11.5 Å². The molecule has 2 aromatic carbocycles. The normalized spacial score (nSPS) is 9.73. The highest BCUT2D eigenvalue weighted by molar-refractivity contribution is 5.99. The summed E-state index contributed by atoms with van der Waals surface area (Å²) in [6.45, 7) is -0.0251. The van der Waals surface area contributed by atoms with Crippen LogP contribution in [0.2, 0.25) is 0 Å². The Bertz CT molecular complexity index is 1020. The summed E-state index contributed by atoms with van der Waals surface area (Å²) in [5, 5.41) is 13.8. The molecule has 9 nitrogen and oxygen atoms in total. The lowest BCUT2D eigenvalue weighted by molar-refractivity contribution is -0.385. The van der Waals surface area contributed by atoms with Gasteiger partial charge < -0.3 is 19.7 Å². The van der Waals surface area contributed by atoms with Gasteiger partial charge in [0.2, 0.25) is 0 Å². The van der Waals surface area contributed by atoms with Crippen LogP contribution < -0.4 is 14.8 Å². The molecule has 0 spiro atoms. The molecule has 0 atom stereocenters. The first-order valence-electron chi connectivity index (χ1n) is 8.77. The van der Waals surface area contributed by atoms with Crippen molar-refractivity contribution in [2.75, 3.05) is 34.9 Å². The average Bonchev–Trinajstić information content (AvgIpc) is 2.75. The molecule has 0 heterocycles. The van der Waals surface area contributed by atoms with Gasteiger partial charge in [-0.1, -0.05) is 11.8 Å². The van der Waals surface area contributed by atoms with Gasteiger partial charge in [0.25, 0.3) is 17.5 Å². The summed E-state index contributed by atoms with van der Waals surface area (Å²) in [5.74, 6) is 5.20. The molecule has 2 aromatic rings. The molecule has 0 bridgehead atoms. The number of nitrogens with one attached hydrogen (secondary N) is 1. The van der Waals surface area contributed by atoms with Gasteiger partial charge in [0.15, 0.2) is 11.5 Å². The number of methoxy groups -OCH3 is 2. The van der Waals surface area contributed by atoms with Gasteiger partial charge in [0.1, 0.15) is 5.56 Å². The van der Waals surface area contributed by atoms with Crippen LogP contribution in [0.4, 0.5) is 5.69 Å². The van der Waals surface area contributed by atoms with E-state index < -0.39 is 16.5 Å². The Morgan fingerprint density at radius 3 is 2.23 bits per heavy atom. The van der Waals surface area contributed by atoms with Crippen LogP contribution in [0, 0.1) is 22.0 Å². The molecule has 9 heteroatoms. The molecule has 2 amide bonds. The zero-order valence-electron chi connectivity index (χ0n) is 17.0. The van der Waals surface area contributed by atoms with E-state index in [4.69, 9.17) is 9.47 Å². The zero-order chi connectivity index (χ0) is 22.3. The zero-order valence-corrected chi connectivity index (χ0v) is 17.0. The van der Waals surface area contributed by atoms with E-state index in [1.165, 1.54) is 25.2 Å². The van der Waals surface area contributed by atoms with Gasteiger partial charge in [0.05, 0.1) is 31.8 Å². The fraction of sp³-hybridized carbons (Fsp3) is 0.238. The van der Waals surface area contributed by atoms with Crippen molar-refractivity contribution in [1.29, 1.82) is 0 Å². The van der Waals surface area contributed by atoms with Gasteiger partial charge >= 0.3 is 0 Å². The molecule has 0 saturated heterocycles. The minimum atomic E-state index is -0.668. The predicted octanol–water partition coefficient (Wildman–Crippen LogP) is 2.10. The van der Waals surface area contributed by atoms with Crippen molar-refractivity contribution in [1.82, 2.24) is 10.2 Å². The molecule has 0 aromatic heterocycles. The van der Waals surface area contributed by atoms with Crippen molar-refractivity contribution in [2.24, 2.45) is 0 Å². The largest absolute Gasteiger partial charge is 0.493 e. The van der Waals surface area contributed by atoms with Crippen LogP contribution >= 0.6 is 0 Å². The van der Waals surface area contributed by atoms with Crippen LogP contribution in [0.1, 0.15) is 26.3 Å². The molecular formula is C21H21N3O6. The van der Waals surface area contributed by atoms with Crippen LogP contribution in [0.25, 0.3) is 0 Å². The number of carbonyl (C=O) groups excluding carboxylic acids is 2. The molecule has 2 rings (SSSR count). The molecule has 0 saturated carbocycles. The second-order valence-electron chi connectivity index (χ2n) is 6.24. The van der Waals surface area contributed by atoms with Gasteiger partial charge in [0, 0.05) is 31.3 Å². The molecule has 156 valence electrons. The van der Waals surface area contributed by atoms with E-state index in [2.05, 4.69) is 17.2 Å². The quantitative estimate of drug-likeness (QED) is 0.443. The lowest BCUT2D eigenvalue weighted by Gasteiger charge is -2.10. The molecule has 0 fully saturated rings. The Morgan fingerprint density at radius 2 is 1.70 bits per heavy atom. The number of nitrogens with zero attached hydrogens (tertiary/aromatic N) is 2. The van der Waals surface area contributed by atoms with Gasteiger partial charge in [-0.05, 0) is 24.3 Å². The highest BCUT2D eigenvalue weighted by Crippen LogP contribution is 2.34. The van der Waals surface area contributed by atoms with E-state index >= 15 is 0 Å². The Morgan fingerprint density at radius 1 is 1.10 bits per heavy atom. The van der Waals surface area contributed by atoms with Crippen molar-refractivity contribution < 1.29 is 24.0 Å². The second kappa shape index (κ2) is 9.93. The topological polar surface area (TPSA) is 111 Å². The van der Waals surface area contributed by atoms with E-state index in [1.807, 2.05) is 0 Å². The fourth-order valence-electron chi connectivity index (χ4n) is 2.52. The summed E-state index contributed by atoms with van der Waals surface area (Å²) < 4.78 is 10.1. The summed E-state index contributed by atoms with van der Waals surface area (Å²) in [5.41, 5.74) is 0.640. The molecule has 0 aliphatic heterocycles. The van der Waals surface area contributed by atoms with Gasteiger partial charge in [-0.3, -0.25) is 19.7 Å². The van der Waals surface area contributed by atoms with E-state index in [0.717, 1.165) is 6.07 Å². The minimum Gasteiger partial charge on any atom is -0.493 e. The van der Waals surface area contributed by atoms with E-state index in [1.54, 1.807) is 38.4 Å². The van der Waals surface area contributed by atoms with Gasteiger partial charge in [-0.2, -0.15) is 0 Å². The molecule has 0 aliphatic rings. The summed E-state index contributed by atoms with van der Waals surface area (Å²) in [6, 6.07) is 9.11.